The van der Waals surface area contributed by atoms with Gasteiger partial charge in [-0.15, -0.1) is 0 Å². The molecular formula is C35H53N3O9. The Bertz CT molecular complexity index is 1340. The fourth-order valence-electron chi connectivity index (χ4n) is 4.71. The van der Waals surface area contributed by atoms with E-state index in [0.717, 1.165) is 42.2 Å². The molecule has 2 rings (SSSR count). The van der Waals surface area contributed by atoms with Crippen molar-refractivity contribution in [1.29, 1.82) is 0 Å². The summed E-state index contributed by atoms with van der Waals surface area (Å²) in [6.07, 6.45) is 10.1. The standard InChI is InChI=1S/C21H26O5.C14H27N3O4/c1-6-14-8-7-9-15-12-18(24-3)20(25-4)21(26-5)19(15)17(14)11-10-16(13-22)23-2;1-9(2)6-11(12(18)20-8-10(16)7-15)17-13(19)21-14(3,4)5/h6,10-13H,7-9H2,1-5H3;7,9,11H,6,8,15-16H2,1-5H3,(H,17,19)/b14-6-,16-10+,17-11+;10-7-. The van der Waals surface area contributed by atoms with E-state index >= 15 is 0 Å². The molecule has 0 spiro atoms. The van der Waals surface area contributed by atoms with Crippen LogP contribution in [0.1, 0.15) is 71.9 Å². The predicted octanol–water partition coefficient (Wildman–Crippen LogP) is 5.34. The SMILES string of the molecule is C/C=C1/CCCc2cc(OC)c(OC)c(OC)c2/C1=C/C=C(\C=O)OC.CC(C)CC(NC(=O)OC(C)(C)C)C(=O)OC/C(N)=C/N. The van der Waals surface area contributed by atoms with Crippen molar-refractivity contribution < 1.29 is 42.8 Å². The molecule has 0 fully saturated rings. The Morgan fingerprint density at radius 1 is 1.04 bits per heavy atom. The highest BCUT2D eigenvalue weighted by Crippen LogP contribution is 2.48. The molecule has 1 amide bonds. The zero-order valence-electron chi connectivity index (χ0n) is 29.5. The molecule has 1 aromatic rings. The van der Waals surface area contributed by atoms with Gasteiger partial charge in [0.15, 0.2) is 23.5 Å². The lowest BCUT2D eigenvalue weighted by molar-refractivity contribution is -0.145. The van der Waals surface area contributed by atoms with Crippen molar-refractivity contribution in [2.75, 3.05) is 35.0 Å². The summed E-state index contributed by atoms with van der Waals surface area (Å²) in [6, 6.07) is 1.22. The average Bonchev–Trinajstić information content (AvgIpc) is 3.20. The summed E-state index contributed by atoms with van der Waals surface area (Å²) in [6.45, 7) is 11.0. The first-order valence-corrected chi connectivity index (χ1v) is 15.4. The molecule has 1 aliphatic carbocycles. The second-order valence-corrected chi connectivity index (χ2v) is 12.0. The third kappa shape index (κ3) is 13.0. The Hall–Kier alpha value is -4.61. The number of esters is 1. The number of allylic oxidation sites excluding steroid dienone is 6. The van der Waals surface area contributed by atoms with Gasteiger partial charge in [0.2, 0.25) is 5.75 Å². The quantitative estimate of drug-likeness (QED) is 0.0870. The smallest absolute Gasteiger partial charge is 0.408 e. The first-order valence-electron chi connectivity index (χ1n) is 15.4. The number of fused-ring (bicyclic) bond motifs is 1. The highest BCUT2D eigenvalue weighted by Gasteiger charge is 2.27. The maximum Gasteiger partial charge on any atom is 0.408 e. The largest absolute Gasteiger partial charge is 0.493 e. The monoisotopic (exact) mass is 659 g/mol. The molecule has 0 heterocycles. The minimum absolute atomic E-state index is 0.111. The lowest BCUT2D eigenvalue weighted by Crippen LogP contribution is -2.45. The van der Waals surface area contributed by atoms with Crippen LogP contribution in [0.25, 0.3) is 5.57 Å². The zero-order chi connectivity index (χ0) is 35.7. The summed E-state index contributed by atoms with van der Waals surface area (Å²) in [4.78, 5) is 34.8. The first-order chi connectivity index (χ1) is 22.2. The van der Waals surface area contributed by atoms with Crippen LogP contribution < -0.4 is 31.0 Å². The van der Waals surface area contributed by atoms with Crippen molar-refractivity contribution in [3.63, 3.8) is 0 Å². The summed E-state index contributed by atoms with van der Waals surface area (Å²) in [5.41, 5.74) is 14.5. The molecule has 0 saturated heterocycles. The number of alkyl carbamates (subject to hydrolysis) is 1. The van der Waals surface area contributed by atoms with Crippen molar-refractivity contribution in [3.05, 3.63) is 58.7 Å². The number of methoxy groups -OCH3 is 4. The van der Waals surface area contributed by atoms with Crippen LogP contribution in [-0.4, -0.2) is 65.0 Å². The highest BCUT2D eigenvalue weighted by atomic mass is 16.6. The van der Waals surface area contributed by atoms with Crippen LogP contribution >= 0.6 is 0 Å². The van der Waals surface area contributed by atoms with Gasteiger partial charge >= 0.3 is 12.1 Å². The van der Waals surface area contributed by atoms with Gasteiger partial charge in [0.05, 0.1) is 34.1 Å². The van der Waals surface area contributed by atoms with Crippen LogP contribution in [0.3, 0.4) is 0 Å². The Balaban J connectivity index is 0.000000483. The number of hydrogen-bond acceptors (Lipinski definition) is 11. The number of benzene rings is 1. The number of amides is 1. The Morgan fingerprint density at radius 2 is 1.70 bits per heavy atom. The fraction of sp³-hybridized carbons (Fsp3) is 0.514. The molecule has 1 aliphatic rings. The van der Waals surface area contributed by atoms with E-state index in [1.54, 1.807) is 48.2 Å². The molecule has 1 unspecified atom stereocenters. The maximum absolute atomic E-state index is 12.0. The van der Waals surface area contributed by atoms with Crippen LogP contribution in [0.15, 0.2) is 47.5 Å². The first kappa shape index (κ1) is 40.4. The third-order valence-electron chi connectivity index (χ3n) is 6.81. The van der Waals surface area contributed by atoms with Crippen LogP contribution in [0.4, 0.5) is 4.79 Å². The Kier molecular flexibility index (Phi) is 17.0. The number of hydrogen-bond donors (Lipinski definition) is 3. The van der Waals surface area contributed by atoms with Crippen LogP contribution in [0, 0.1) is 5.92 Å². The Labute approximate surface area is 279 Å². The molecule has 0 bridgehead atoms. The number of ether oxygens (including phenoxy) is 6. The van der Waals surface area contributed by atoms with E-state index in [1.807, 2.05) is 32.9 Å². The minimum atomic E-state index is -0.787. The molecule has 12 heteroatoms. The molecule has 1 aromatic carbocycles. The lowest BCUT2D eigenvalue weighted by atomic mass is 9.92. The van der Waals surface area contributed by atoms with Crippen molar-refractivity contribution >= 4 is 23.9 Å². The fourth-order valence-corrected chi connectivity index (χ4v) is 4.71. The molecule has 0 aliphatic heterocycles. The van der Waals surface area contributed by atoms with Gasteiger partial charge in [-0.1, -0.05) is 26.0 Å². The van der Waals surface area contributed by atoms with Crippen molar-refractivity contribution in [1.82, 2.24) is 5.32 Å². The van der Waals surface area contributed by atoms with E-state index in [2.05, 4.69) is 11.4 Å². The average molecular weight is 660 g/mol. The van der Waals surface area contributed by atoms with Crippen molar-refractivity contribution in [2.24, 2.45) is 17.4 Å². The van der Waals surface area contributed by atoms with Gasteiger partial charge in [0.1, 0.15) is 18.2 Å². The third-order valence-corrected chi connectivity index (χ3v) is 6.81. The Morgan fingerprint density at radius 3 is 2.19 bits per heavy atom. The van der Waals surface area contributed by atoms with Gasteiger partial charge in [-0.2, -0.15) is 0 Å². The van der Waals surface area contributed by atoms with Crippen molar-refractivity contribution in [2.45, 2.75) is 78.9 Å². The number of nitrogens with two attached hydrogens (primary N) is 2. The second kappa shape index (κ2) is 19.8. The van der Waals surface area contributed by atoms with Gasteiger partial charge < -0.3 is 45.2 Å². The molecule has 0 saturated carbocycles. The van der Waals surface area contributed by atoms with Gasteiger partial charge in [0.25, 0.3) is 0 Å². The summed E-state index contributed by atoms with van der Waals surface area (Å²) in [5.74, 6) is 1.72. The van der Waals surface area contributed by atoms with E-state index in [-0.39, 0.29) is 24.0 Å². The number of nitrogens with one attached hydrogen (secondary N) is 1. The minimum Gasteiger partial charge on any atom is -0.493 e. The number of aldehydes is 1. The van der Waals surface area contributed by atoms with E-state index in [4.69, 9.17) is 39.9 Å². The maximum atomic E-state index is 12.0. The number of carbonyl (C=O) groups is 3. The van der Waals surface area contributed by atoms with Gasteiger partial charge in [0, 0.05) is 11.8 Å². The second-order valence-electron chi connectivity index (χ2n) is 12.0. The summed E-state index contributed by atoms with van der Waals surface area (Å²) < 4.78 is 32.0. The summed E-state index contributed by atoms with van der Waals surface area (Å²) in [5, 5.41) is 2.52. The van der Waals surface area contributed by atoms with Crippen LogP contribution in [-0.2, 0) is 30.2 Å². The summed E-state index contributed by atoms with van der Waals surface area (Å²) >= 11 is 0. The van der Waals surface area contributed by atoms with E-state index in [1.165, 1.54) is 12.7 Å². The zero-order valence-corrected chi connectivity index (χ0v) is 29.5. The molecular weight excluding hydrogens is 606 g/mol. The molecule has 1 atom stereocenters. The molecule has 0 radical (unpaired) electrons. The molecule has 0 aromatic heterocycles. The molecule has 5 N–H and O–H groups in total. The number of carbonyl (C=O) groups excluding carboxylic acids is 3. The number of rotatable bonds is 12. The van der Waals surface area contributed by atoms with E-state index in [9.17, 15) is 14.4 Å². The highest BCUT2D eigenvalue weighted by molar-refractivity contribution is 5.88. The van der Waals surface area contributed by atoms with E-state index in [0.29, 0.717) is 30.0 Å². The summed E-state index contributed by atoms with van der Waals surface area (Å²) in [7, 11) is 6.31. The van der Waals surface area contributed by atoms with Gasteiger partial charge in [-0.25, -0.2) is 9.59 Å². The number of aryl methyl sites for hydroxylation is 1. The lowest BCUT2D eigenvalue weighted by Gasteiger charge is -2.23. The molecule has 12 nitrogen and oxygen atoms in total. The van der Waals surface area contributed by atoms with Gasteiger partial charge in [-0.3, -0.25) is 4.79 Å². The topological polar surface area (TPSA) is 171 Å². The van der Waals surface area contributed by atoms with Crippen molar-refractivity contribution in [3.8, 4) is 17.2 Å². The van der Waals surface area contributed by atoms with Gasteiger partial charge in [-0.05, 0) is 88.1 Å². The van der Waals surface area contributed by atoms with Crippen LogP contribution in [0.2, 0.25) is 0 Å². The predicted molar refractivity (Wildman–Crippen MR) is 182 cm³/mol. The van der Waals surface area contributed by atoms with E-state index < -0.39 is 23.7 Å². The van der Waals surface area contributed by atoms with Crippen LogP contribution in [0.5, 0.6) is 17.2 Å². The molecule has 262 valence electrons. The molecule has 47 heavy (non-hydrogen) atoms. The normalized spacial score (nSPS) is 15.8.